The van der Waals surface area contributed by atoms with Crippen LogP contribution in [-0.4, -0.2) is 49.1 Å². The first-order chi connectivity index (χ1) is 15.2. The molecule has 10 heteroatoms. The van der Waals surface area contributed by atoms with E-state index in [2.05, 4.69) is 10.2 Å². The molecular weight excluding hydrogens is 441 g/mol. The molecule has 0 saturated carbocycles. The number of anilines is 1. The van der Waals surface area contributed by atoms with Gasteiger partial charge in [-0.05, 0) is 42.8 Å². The predicted octanol–water partition coefficient (Wildman–Crippen LogP) is 3.98. The lowest BCUT2D eigenvalue weighted by molar-refractivity contribution is -0.137. The first kappa shape index (κ1) is 22.2. The normalized spacial score (nSPS) is 15.7. The predicted molar refractivity (Wildman–Crippen MR) is 115 cm³/mol. The summed E-state index contributed by atoms with van der Waals surface area (Å²) in [5, 5.41) is 8.59. The third-order valence-corrected chi connectivity index (χ3v) is 7.33. The molecule has 0 bridgehead atoms. The van der Waals surface area contributed by atoms with Crippen molar-refractivity contribution in [2.45, 2.75) is 18.0 Å². The van der Waals surface area contributed by atoms with E-state index in [0.717, 1.165) is 29.0 Å². The maximum Gasteiger partial charge on any atom is 0.416 e. The van der Waals surface area contributed by atoms with Gasteiger partial charge in [-0.25, -0.2) is 8.42 Å². The number of aromatic nitrogens is 2. The minimum atomic E-state index is -4.60. The Hall–Kier alpha value is -2.98. The van der Waals surface area contributed by atoms with Gasteiger partial charge in [-0.15, -0.1) is 10.2 Å². The van der Waals surface area contributed by atoms with Crippen molar-refractivity contribution >= 4 is 15.8 Å². The molecule has 2 aromatic carbocycles. The monoisotopic (exact) mass is 462 g/mol. The van der Waals surface area contributed by atoms with Crippen molar-refractivity contribution in [2.75, 3.05) is 31.1 Å². The second kappa shape index (κ2) is 8.51. The van der Waals surface area contributed by atoms with Crippen molar-refractivity contribution in [1.82, 2.24) is 14.5 Å². The first-order valence-corrected chi connectivity index (χ1v) is 11.4. The molecule has 0 N–H and O–H groups in total. The van der Waals surface area contributed by atoms with Crippen LogP contribution in [0.2, 0.25) is 0 Å². The summed E-state index contributed by atoms with van der Waals surface area (Å²) in [5.41, 5.74) is 1.84. The average molecular weight is 462 g/mol. The second-order valence-electron chi connectivity index (χ2n) is 7.51. The minimum Gasteiger partial charge on any atom is -0.352 e. The largest absolute Gasteiger partial charge is 0.416 e. The van der Waals surface area contributed by atoms with Crippen molar-refractivity contribution in [2.24, 2.45) is 0 Å². The summed E-state index contributed by atoms with van der Waals surface area (Å²) in [6.07, 6.45) is -4.60. The number of sulfonamides is 1. The van der Waals surface area contributed by atoms with Gasteiger partial charge in [0.25, 0.3) is 0 Å². The molecule has 3 aromatic rings. The Morgan fingerprint density at radius 1 is 0.875 bits per heavy atom. The van der Waals surface area contributed by atoms with Crippen LogP contribution < -0.4 is 4.90 Å². The van der Waals surface area contributed by atoms with Gasteiger partial charge in [-0.2, -0.15) is 17.5 Å². The first-order valence-electron chi connectivity index (χ1n) is 9.98. The van der Waals surface area contributed by atoms with Crippen LogP contribution in [0.15, 0.2) is 65.6 Å². The van der Waals surface area contributed by atoms with Gasteiger partial charge in [0.15, 0.2) is 5.82 Å². The van der Waals surface area contributed by atoms with E-state index >= 15 is 0 Å². The maximum atomic E-state index is 13.0. The van der Waals surface area contributed by atoms with Gasteiger partial charge in [0, 0.05) is 31.7 Å². The fourth-order valence-electron chi connectivity index (χ4n) is 3.64. The van der Waals surface area contributed by atoms with E-state index in [1.165, 1.54) is 10.4 Å². The Kier molecular flexibility index (Phi) is 5.91. The fraction of sp³-hybridized carbons (Fsp3) is 0.273. The summed E-state index contributed by atoms with van der Waals surface area (Å²) in [4.78, 5) is 1.55. The molecule has 0 spiro atoms. The molecule has 4 rings (SSSR count). The number of hydrogen-bond acceptors (Lipinski definition) is 5. The highest BCUT2D eigenvalue weighted by atomic mass is 32.2. The van der Waals surface area contributed by atoms with E-state index in [9.17, 15) is 21.6 Å². The molecule has 1 aliphatic heterocycles. The lowest BCUT2D eigenvalue weighted by atomic mass is 10.1. The molecule has 1 aliphatic rings. The number of aryl methyl sites for hydroxylation is 1. The number of alkyl halides is 3. The Labute approximate surface area is 184 Å². The second-order valence-corrected chi connectivity index (χ2v) is 9.45. The molecule has 0 atom stereocenters. The molecule has 32 heavy (non-hydrogen) atoms. The zero-order valence-electron chi connectivity index (χ0n) is 17.2. The van der Waals surface area contributed by atoms with Crippen LogP contribution in [0.1, 0.15) is 11.1 Å². The van der Waals surface area contributed by atoms with Gasteiger partial charge in [0.1, 0.15) is 0 Å². The Bertz CT molecular complexity index is 1210. The lowest BCUT2D eigenvalue weighted by Crippen LogP contribution is -2.49. The summed E-state index contributed by atoms with van der Waals surface area (Å²) in [7, 11) is -4.03. The molecule has 2 heterocycles. The molecule has 1 fully saturated rings. The number of rotatable bonds is 4. The molecule has 168 valence electrons. The summed E-state index contributed by atoms with van der Waals surface area (Å²) >= 11 is 0. The summed E-state index contributed by atoms with van der Waals surface area (Å²) in [6.45, 7) is 2.99. The number of piperazine rings is 1. The number of nitrogens with zero attached hydrogens (tertiary/aromatic N) is 4. The van der Waals surface area contributed by atoms with Crippen LogP contribution in [0.5, 0.6) is 0 Å². The summed E-state index contributed by atoms with van der Waals surface area (Å²) < 4.78 is 65.8. The zero-order chi connectivity index (χ0) is 22.9. The Morgan fingerprint density at radius 3 is 2.22 bits per heavy atom. The molecule has 0 aliphatic carbocycles. The Balaban J connectivity index is 1.46. The van der Waals surface area contributed by atoms with Crippen LogP contribution in [0.25, 0.3) is 11.3 Å². The van der Waals surface area contributed by atoms with Crippen molar-refractivity contribution < 1.29 is 21.6 Å². The standard InChI is InChI=1S/C22H21F3N4O2S/c1-16-5-2-3-8-19(16)20-9-10-21(27-26-20)28-11-13-29(14-12-28)32(30,31)18-7-4-6-17(15-18)22(23,24)25/h2-10,15H,11-14H2,1H3. The van der Waals surface area contributed by atoms with Crippen molar-refractivity contribution in [3.63, 3.8) is 0 Å². The van der Waals surface area contributed by atoms with Crippen molar-refractivity contribution in [3.05, 3.63) is 71.8 Å². The zero-order valence-corrected chi connectivity index (χ0v) is 18.1. The summed E-state index contributed by atoms with van der Waals surface area (Å²) in [5.74, 6) is 0.624. The average Bonchev–Trinajstić information content (AvgIpc) is 2.79. The molecule has 6 nitrogen and oxygen atoms in total. The van der Waals surface area contributed by atoms with E-state index in [-0.39, 0.29) is 18.0 Å². The fourth-order valence-corrected chi connectivity index (χ4v) is 5.11. The van der Waals surface area contributed by atoms with Crippen LogP contribution in [0.4, 0.5) is 19.0 Å². The SMILES string of the molecule is Cc1ccccc1-c1ccc(N2CCN(S(=O)(=O)c3cccc(C(F)(F)F)c3)CC2)nn1. The van der Waals surface area contributed by atoms with E-state index in [1.54, 1.807) is 0 Å². The molecule has 0 unspecified atom stereocenters. The third-order valence-electron chi connectivity index (χ3n) is 5.43. The molecule has 1 aromatic heterocycles. The molecule has 0 amide bonds. The summed E-state index contributed by atoms with van der Waals surface area (Å²) in [6, 6.07) is 15.4. The van der Waals surface area contributed by atoms with Crippen LogP contribution in [-0.2, 0) is 16.2 Å². The van der Waals surface area contributed by atoms with E-state index in [1.807, 2.05) is 48.2 Å². The highest BCUT2D eigenvalue weighted by Crippen LogP contribution is 2.31. The number of benzene rings is 2. The molecular formula is C22H21F3N4O2S. The number of hydrogen-bond donors (Lipinski definition) is 0. The topological polar surface area (TPSA) is 66.4 Å². The van der Waals surface area contributed by atoms with Gasteiger partial charge < -0.3 is 4.90 Å². The lowest BCUT2D eigenvalue weighted by Gasteiger charge is -2.34. The van der Waals surface area contributed by atoms with E-state index in [0.29, 0.717) is 25.0 Å². The third kappa shape index (κ3) is 4.46. The van der Waals surface area contributed by atoms with E-state index in [4.69, 9.17) is 0 Å². The minimum absolute atomic E-state index is 0.139. The van der Waals surface area contributed by atoms with Gasteiger partial charge in [-0.1, -0.05) is 30.3 Å². The van der Waals surface area contributed by atoms with E-state index < -0.39 is 21.8 Å². The number of halogens is 3. The molecule has 1 saturated heterocycles. The Morgan fingerprint density at radius 2 is 1.59 bits per heavy atom. The van der Waals surface area contributed by atoms with Gasteiger partial charge in [0.2, 0.25) is 10.0 Å². The van der Waals surface area contributed by atoms with Gasteiger partial charge in [0.05, 0.1) is 16.2 Å². The van der Waals surface area contributed by atoms with Gasteiger partial charge >= 0.3 is 6.18 Å². The highest BCUT2D eigenvalue weighted by molar-refractivity contribution is 7.89. The maximum absolute atomic E-state index is 13.0. The van der Waals surface area contributed by atoms with Crippen LogP contribution in [0, 0.1) is 6.92 Å². The van der Waals surface area contributed by atoms with Crippen LogP contribution in [0.3, 0.4) is 0 Å². The smallest absolute Gasteiger partial charge is 0.352 e. The van der Waals surface area contributed by atoms with Crippen molar-refractivity contribution in [3.8, 4) is 11.3 Å². The highest BCUT2D eigenvalue weighted by Gasteiger charge is 2.34. The van der Waals surface area contributed by atoms with Crippen LogP contribution >= 0.6 is 0 Å². The molecule has 0 radical (unpaired) electrons. The quantitative estimate of drug-likeness (QED) is 0.587. The van der Waals surface area contributed by atoms with Gasteiger partial charge in [-0.3, -0.25) is 0 Å². The van der Waals surface area contributed by atoms with Crippen molar-refractivity contribution in [1.29, 1.82) is 0 Å².